The summed E-state index contributed by atoms with van der Waals surface area (Å²) in [6, 6.07) is 7.47. The van der Waals surface area contributed by atoms with Crippen molar-refractivity contribution in [2.45, 2.75) is 40.0 Å². The van der Waals surface area contributed by atoms with Gasteiger partial charge in [0.15, 0.2) is 0 Å². The summed E-state index contributed by atoms with van der Waals surface area (Å²) in [7, 11) is 0. The van der Waals surface area contributed by atoms with Crippen LogP contribution in [0.2, 0.25) is 0 Å². The van der Waals surface area contributed by atoms with Crippen molar-refractivity contribution in [3.8, 4) is 11.4 Å². The van der Waals surface area contributed by atoms with Crippen LogP contribution in [0, 0.1) is 11.3 Å². The smallest absolute Gasteiger partial charge is 0.253 e. The Kier molecular flexibility index (Phi) is 5.41. The van der Waals surface area contributed by atoms with Crippen LogP contribution in [0.1, 0.15) is 49.9 Å². The fourth-order valence-corrected chi connectivity index (χ4v) is 3.24. The molecule has 0 bridgehead atoms. The Bertz CT molecular complexity index is 755. The first kappa shape index (κ1) is 18.6. The lowest BCUT2D eigenvalue weighted by Crippen LogP contribution is -2.40. The molecule has 26 heavy (non-hydrogen) atoms. The summed E-state index contributed by atoms with van der Waals surface area (Å²) in [5.74, 6) is 1.74. The normalized spacial score (nSPS) is 16.1. The molecule has 0 unspecified atom stereocenters. The third kappa shape index (κ3) is 4.49. The molecule has 0 saturated carbocycles. The van der Waals surface area contributed by atoms with E-state index in [4.69, 9.17) is 10.3 Å². The van der Waals surface area contributed by atoms with Gasteiger partial charge in [0.05, 0.1) is 0 Å². The van der Waals surface area contributed by atoms with Gasteiger partial charge >= 0.3 is 0 Å². The molecule has 6 nitrogen and oxygen atoms in total. The summed E-state index contributed by atoms with van der Waals surface area (Å²) >= 11 is 0. The van der Waals surface area contributed by atoms with Crippen molar-refractivity contribution in [2.24, 2.45) is 17.1 Å². The van der Waals surface area contributed by atoms with E-state index in [1.807, 2.05) is 29.2 Å². The minimum Gasteiger partial charge on any atom is -0.339 e. The molecule has 0 aliphatic carbocycles. The number of likely N-dealkylation sites (tertiary alicyclic amines) is 1. The summed E-state index contributed by atoms with van der Waals surface area (Å²) in [6.07, 6.45) is 2.67. The molecule has 6 heteroatoms. The van der Waals surface area contributed by atoms with Crippen molar-refractivity contribution in [3.05, 3.63) is 35.7 Å². The number of hydrogen-bond acceptors (Lipinski definition) is 5. The molecule has 1 fully saturated rings. The number of amides is 1. The van der Waals surface area contributed by atoms with Crippen molar-refractivity contribution >= 4 is 5.91 Å². The SMILES string of the molecule is CC(C)(C)Cc1nc(-c2cccc(C(=O)N3CCC(CN)CC3)c2)no1. The molecule has 1 aliphatic rings. The van der Waals surface area contributed by atoms with E-state index in [9.17, 15) is 4.79 Å². The quantitative estimate of drug-likeness (QED) is 0.909. The number of hydrogen-bond donors (Lipinski definition) is 1. The molecule has 1 aromatic carbocycles. The third-order valence-electron chi connectivity index (χ3n) is 4.75. The lowest BCUT2D eigenvalue weighted by atomic mass is 9.92. The number of benzene rings is 1. The van der Waals surface area contributed by atoms with E-state index in [0.29, 0.717) is 36.2 Å². The molecule has 1 aliphatic heterocycles. The van der Waals surface area contributed by atoms with Crippen LogP contribution in [0.4, 0.5) is 0 Å². The summed E-state index contributed by atoms with van der Waals surface area (Å²) in [6.45, 7) is 8.62. The molecule has 3 rings (SSSR count). The number of rotatable bonds is 4. The molecule has 0 atom stereocenters. The van der Waals surface area contributed by atoms with Gasteiger partial charge in [0.2, 0.25) is 11.7 Å². The summed E-state index contributed by atoms with van der Waals surface area (Å²) < 4.78 is 5.37. The molecule has 1 aromatic heterocycles. The van der Waals surface area contributed by atoms with Crippen molar-refractivity contribution in [1.82, 2.24) is 15.0 Å². The second-order valence-corrected chi connectivity index (χ2v) is 8.30. The van der Waals surface area contributed by atoms with Crippen molar-refractivity contribution in [1.29, 1.82) is 0 Å². The Morgan fingerprint density at radius 3 is 2.69 bits per heavy atom. The minimum absolute atomic E-state index is 0.0562. The second-order valence-electron chi connectivity index (χ2n) is 8.30. The van der Waals surface area contributed by atoms with Crippen molar-refractivity contribution in [3.63, 3.8) is 0 Å². The molecule has 0 spiro atoms. The lowest BCUT2D eigenvalue weighted by Gasteiger charge is -2.31. The highest BCUT2D eigenvalue weighted by atomic mass is 16.5. The number of carbonyl (C=O) groups excluding carboxylic acids is 1. The highest BCUT2D eigenvalue weighted by Crippen LogP contribution is 2.24. The van der Waals surface area contributed by atoms with Gasteiger partial charge in [-0.25, -0.2) is 0 Å². The highest BCUT2D eigenvalue weighted by Gasteiger charge is 2.23. The fraction of sp³-hybridized carbons (Fsp3) is 0.550. The Morgan fingerprint density at radius 2 is 2.04 bits per heavy atom. The van der Waals surface area contributed by atoms with Crippen LogP contribution >= 0.6 is 0 Å². The van der Waals surface area contributed by atoms with Crippen molar-refractivity contribution in [2.75, 3.05) is 19.6 Å². The molecule has 2 N–H and O–H groups in total. The first-order valence-corrected chi connectivity index (χ1v) is 9.28. The summed E-state index contributed by atoms with van der Waals surface area (Å²) in [5.41, 5.74) is 7.28. The van der Waals surface area contributed by atoms with Gasteiger partial charge in [-0.2, -0.15) is 4.98 Å². The second kappa shape index (κ2) is 7.58. The number of aromatic nitrogens is 2. The van der Waals surface area contributed by atoms with Gasteiger partial charge < -0.3 is 15.2 Å². The van der Waals surface area contributed by atoms with Gasteiger partial charge in [-0.3, -0.25) is 4.79 Å². The Labute approximate surface area is 154 Å². The first-order chi connectivity index (χ1) is 12.4. The van der Waals surface area contributed by atoms with Crippen LogP contribution in [-0.4, -0.2) is 40.6 Å². The lowest BCUT2D eigenvalue weighted by molar-refractivity contribution is 0.0693. The zero-order valence-corrected chi connectivity index (χ0v) is 15.9. The zero-order valence-electron chi connectivity index (χ0n) is 15.9. The van der Waals surface area contributed by atoms with Crippen LogP contribution in [0.15, 0.2) is 28.8 Å². The molecule has 2 aromatic rings. The summed E-state index contributed by atoms with van der Waals surface area (Å²) in [5, 5.41) is 4.08. The van der Waals surface area contributed by atoms with E-state index in [1.165, 1.54) is 0 Å². The van der Waals surface area contributed by atoms with Crippen molar-refractivity contribution < 1.29 is 9.32 Å². The van der Waals surface area contributed by atoms with Gasteiger partial charge in [-0.15, -0.1) is 0 Å². The standard InChI is InChI=1S/C20H28N4O2/c1-20(2,3)12-17-22-18(23-26-17)15-5-4-6-16(11-15)19(25)24-9-7-14(13-21)8-10-24/h4-6,11,14H,7-10,12-13,21H2,1-3H3. The Balaban J connectivity index is 1.73. The summed E-state index contributed by atoms with van der Waals surface area (Å²) in [4.78, 5) is 19.2. The van der Waals surface area contributed by atoms with Gasteiger partial charge in [0.1, 0.15) is 0 Å². The van der Waals surface area contributed by atoms with Crippen LogP contribution in [0.3, 0.4) is 0 Å². The monoisotopic (exact) mass is 356 g/mol. The molecular formula is C20H28N4O2. The largest absolute Gasteiger partial charge is 0.339 e. The molecule has 1 amide bonds. The Hall–Kier alpha value is -2.21. The molecule has 2 heterocycles. The highest BCUT2D eigenvalue weighted by molar-refractivity contribution is 5.95. The number of nitrogens with two attached hydrogens (primary N) is 1. The third-order valence-corrected chi connectivity index (χ3v) is 4.75. The predicted molar refractivity (Wildman–Crippen MR) is 101 cm³/mol. The Morgan fingerprint density at radius 1 is 1.31 bits per heavy atom. The zero-order chi connectivity index (χ0) is 18.7. The van der Waals surface area contributed by atoms with Gasteiger partial charge in [-0.05, 0) is 42.9 Å². The maximum absolute atomic E-state index is 12.8. The maximum Gasteiger partial charge on any atom is 0.253 e. The topological polar surface area (TPSA) is 85.2 Å². The minimum atomic E-state index is 0.0562. The first-order valence-electron chi connectivity index (χ1n) is 9.28. The average Bonchev–Trinajstić information content (AvgIpc) is 3.08. The van der Waals surface area contributed by atoms with Crippen LogP contribution in [0.25, 0.3) is 11.4 Å². The van der Waals surface area contributed by atoms with E-state index in [1.54, 1.807) is 0 Å². The van der Waals surface area contributed by atoms with E-state index in [0.717, 1.165) is 31.5 Å². The van der Waals surface area contributed by atoms with Crippen LogP contribution < -0.4 is 5.73 Å². The van der Waals surface area contributed by atoms with Gasteiger partial charge in [0.25, 0.3) is 5.91 Å². The number of carbonyl (C=O) groups is 1. The molecule has 140 valence electrons. The molecule has 0 radical (unpaired) electrons. The average molecular weight is 356 g/mol. The number of nitrogens with zero attached hydrogens (tertiary/aromatic N) is 3. The van der Waals surface area contributed by atoms with Crippen LogP contribution in [-0.2, 0) is 6.42 Å². The van der Waals surface area contributed by atoms with Gasteiger partial charge in [0, 0.05) is 30.6 Å². The maximum atomic E-state index is 12.8. The molecular weight excluding hydrogens is 328 g/mol. The van der Waals surface area contributed by atoms with Crippen LogP contribution in [0.5, 0.6) is 0 Å². The van der Waals surface area contributed by atoms with E-state index < -0.39 is 0 Å². The van der Waals surface area contributed by atoms with E-state index >= 15 is 0 Å². The molecule has 1 saturated heterocycles. The predicted octanol–water partition coefficient (Wildman–Crippen LogP) is 3.14. The van der Waals surface area contributed by atoms with Gasteiger partial charge in [-0.1, -0.05) is 38.1 Å². The fourth-order valence-electron chi connectivity index (χ4n) is 3.24. The van der Waals surface area contributed by atoms with E-state index in [2.05, 4.69) is 30.9 Å². The van der Waals surface area contributed by atoms with E-state index in [-0.39, 0.29) is 11.3 Å². The number of piperidine rings is 1.